The maximum atomic E-state index is 14.3. The maximum absolute atomic E-state index is 14.3. The third-order valence-corrected chi connectivity index (χ3v) is 3.68. The summed E-state index contributed by atoms with van der Waals surface area (Å²) in [6.07, 6.45) is 4.43. The molecule has 7 nitrogen and oxygen atoms in total. The number of halogens is 2. The fourth-order valence-electron chi connectivity index (χ4n) is 2.17. The number of rotatable bonds is 4. The van der Waals surface area contributed by atoms with E-state index in [1.54, 1.807) is 20.3 Å². The molecule has 3 aromatic rings. The summed E-state index contributed by atoms with van der Waals surface area (Å²) in [5.74, 6) is 0.241. The van der Waals surface area contributed by atoms with Crippen LogP contribution in [0.15, 0.2) is 24.7 Å². The highest BCUT2D eigenvalue weighted by atomic mass is 35.5. The SMILES string of the molecule is CNc1cc(F)c2c(Oc3cnc(N)c(NC)c3Cl)cnn2c1. The molecule has 0 aliphatic carbocycles. The lowest BCUT2D eigenvalue weighted by Crippen LogP contribution is -2.01. The Bertz CT molecular complexity index is 881. The van der Waals surface area contributed by atoms with Crippen molar-refractivity contribution < 1.29 is 9.13 Å². The van der Waals surface area contributed by atoms with Gasteiger partial charge in [-0.2, -0.15) is 5.10 Å². The second kappa shape index (κ2) is 5.81. The van der Waals surface area contributed by atoms with Crippen molar-refractivity contribution in [2.24, 2.45) is 0 Å². The van der Waals surface area contributed by atoms with Crippen LogP contribution in [0.25, 0.3) is 5.52 Å². The van der Waals surface area contributed by atoms with Gasteiger partial charge in [0.15, 0.2) is 17.3 Å². The van der Waals surface area contributed by atoms with Crippen molar-refractivity contribution in [3.63, 3.8) is 0 Å². The lowest BCUT2D eigenvalue weighted by Gasteiger charge is -2.11. The molecule has 0 radical (unpaired) electrons. The number of nitrogen functional groups attached to an aromatic ring is 1. The van der Waals surface area contributed by atoms with E-state index in [4.69, 9.17) is 22.1 Å². The van der Waals surface area contributed by atoms with Crippen LogP contribution in [-0.2, 0) is 0 Å². The van der Waals surface area contributed by atoms with E-state index in [0.29, 0.717) is 11.4 Å². The fourth-order valence-corrected chi connectivity index (χ4v) is 2.45. The van der Waals surface area contributed by atoms with Crippen LogP contribution in [0.1, 0.15) is 0 Å². The molecule has 120 valence electrons. The molecule has 0 unspecified atom stereocenters. The van der Waals surface area contributed by atoms with Gasteiger partial charge in [-0.05, 0) is 0 Å². The predicted octanol–water partition coefficient (Wildman–Crippen LogP) is 2.98. The van der Waals surface area contributed by atoms with Crippen molar-refractivity contribution in [2.75, 3.05) is 30.5 Å². The molecule has 0 saturated heterocycles. The Kier molecular flexibility index (Phi) is 3.83. The number of nitrogens with one attached hydrogen (secondary N) is 2. The Balaban J connectivity index is 2.06. The number of nitrogens with zero attached hydrogens (tertiary/aromatic N) is 3. The highest BCUT2D eigenvalue weighted by molar-refractivity contribution is 6.35. The first kappa shape index (κ1) is 15.2. The molecule has 3 aromatic heterocycles. The van der Waals surface area contributed by atoms with Crippen molar-refractivity contribution in [2.45, 2.75) is 0 Å². The van der Waals surface area contributed by atoms with Gasteiger partial charge >= 0.3 is 0 Å². The summed E-state index contributed by atoms with van der Waals surface area (Å²) in [7, 11) is 3.36. The average Bonchev–Trinajstić information content (AvgIpc) is 2.94. The zero-order valence-corrected chi connectivity index (χ0v) is 13.1. The number of aromatic nitrogens is 3. The summed E-state index contributed by atoms with van der Waals surface area (Å²) in [4.78, 5) is 4.00. The van der Waals surface area contributed by atoms with E-state index in [-0.39, 0.29) is 27.9 Å². The second-order valence-corrected chi connectivity index (χ2v) is 5.06. The van der Waals surface area contributed by atoms with E-state index in [0.717, 1.165) is 0 Å². The van der Waals surface area contributed by atoms with Gasteiger partial charge in [0.1, 0.15) is 16.4 Å². The smallest absolute Gasteiger partial charge is 0.176 e. The zero-order chi connectivity index (χ0) is 16.6. The summed E-state index contributed by atoms with van der Waals surface area (Å²) in [5, 5.41) is 10.0. The topological polar surface area (TPSA) is 89.5 Å². The molecule has 0 saturated carbocycles. The van der Waals surface area contributed by atoms with E-state index in [1.165, 1.54) is 23.0 Å². The molecule has 0 spiro atoms. The van der Waals surface area contributed by atoms with Gasteiger partial charge in [0, 0.05) is 20.2 Å². The molecule has 0 aliphatic rings. The maximum Gasteiger partial charge on any atom is 0.176 e. The molecular weight excluding hydrogens is 323 g/mol. The average molecular weight is 337 g/mol. The minimum absolute atomic E-state index is 0.197. The first-order chi connectivity index (χ1) is 11.0. The van der Waals surface area contributed by atoms with Crippen LogP contribution in [0.3, 0.4) is 0 Å². The largest absolute Gasteiger partial charge is 0.450 e. The van der Waals surface area contributed by atoms with Crippen molar-refractivity contribution in [3.05, 3.63) is 35.5 Å². The number of ether oxygens (including phenoxy) is 1. The fraction of sp³-hybridized carbons (Fsp3) is 0.143. The molecule has 9 heteroatoms. The standard InChI is InChI=1S/C14H14ClFN6O/c1-18-7-3-8(16)13-10(5-21-22(13)6-7)23-9-4-20-14(17)12(19-2)11(9)15/h3-6,18-19H,1-2H3,(H2,17,20). The normalized spacial score (nSPS) is 10.8. The third-order valence-electron chi connectivity index (χ3n) is 3.30. The molecule has 4 N–H and O–H groups in total. The molecule has 3 heterocycles. The van der Waals surface area contributed by atoms with E-state index in [2.05, 4.69) is 20.7 Å². The van der Waals surface area contributed by atoms with E-state index >= 15 is 0 Å². The van der Waals surface area contributed by atoms with Crippen LogP contribution in [0.2, 0.25) is 5.02 Å². The van der Waals surface area contributed by atoms with Crippen molar-refractivity contribution in [1.82, 2.24) is 14.6 Å². The molecule has 0 bridgehead atoms. The second-order valence-electron chi connectivity index (χ2n) is 4.68. The minimum atomic E-state index is -0.474. The van der Waals surface area contributed by atoms with Crippen LogP contribution in [0.5, 0.6) is 11.5 Å². The van der Waals surface area contributed by atoms with Gasteiger partial charge in [0.05, 0.1) is 30.0 Å². The Morgan fingerprint density at radius 1 is 1.26 bits per heavy atom. The van der Waals surface area contributed by atoms with Crippen molar-refractivity contribution in [3.8, 4) is 11.5 Å². The molecule has 0 amide bonds. The lowest BCUT2D eigenvalue weighted by molar-refractivity contribution is 0.483. The number of fused-ring (bicyclic) bond motifs is 1. The Labute approximate surface area is 136 Å². The van der Waals surface area contributed by atoms with Crippen LogP contribution in [0.4, 0.5) is 21.6 Å². The Morgan fingerprint density at radius 2 is 2.04 bits per heavy atom. The minimum Gasteiger partial charge on any atom is -0.450 e. The number of nitrogens with two attached hydrogens (primary N) is 1. The van der Waals surface area contributed by atoms with Gasteiger partial charge in [-0.3, -0.25) is 0 Å². The number of hydrogen-bond acceptors (Lipinski definition) is 6. The molecule has 0 fully saturated rings. The monoisotopic (exact) mass is 336 g/mol. The van der Waals surface area contributed by atoms with Crippen LogP contribution >= 0.6 is 11.6 Å². The Morgan fingerprint density at radius 3 is 2.74 bits per heavy atom. The summed E-state index contributed by atoms with van der Waals surface area (Å²) < 4.78 is 21.3. The van der Waals surface area contributed by atoms with Gasteiger partial charge < -0.3 is 21.1 Å². The molecule has 23 heavy (non-hydrogen) atoms. The first-order valence-corrected chi connectivity index (χ1v) is 7.07. The van der Waals surface area contributed by atoms with Crippen molar-refractivity contribution >= 4 is 34.3 Å². The van der Waals surface area contributed by atoms with Crippen LogP contribution < -0.4 is 21.1 Å². The van der Waals surface area contributed by atoms with Gasteiger partial charge in [-0.1, -0.05) is 11.6 Å². The quantitative estimate of drug-likeness (QED) is 0.678. The number of hydrogen-bond donors (Lipinski definition) is 3. The van der Waals surface area contributed by atoms with E-state index < -0.39 is 5.82 Å². The van der Waals surface area contributed by atoms with E-state index in [1.807, 2.05) is 0 Å². The van der Waals surface area contributed by atoms with Crippen LogP contribution in [-0.4, -0.2) is 28.7 Å². The van der Waals surface area contributed by atoms with Gasteiger partial charge in [-0.15, -0.1) is 0 Å². The lowest BCUT2D eigenvalue weighted by atomic mass is 10.3. The van der Waals surface area contributed by atoms with Gasteiger partial charge in [-0.25, -0.2) is 13.9 Å². The molecule has 0 aromatic carbocycles. The number of pyridine rings is 2. The van der Waals surface area contributed by atoms with Gasteiger partial charge in [0.2, 0.25) is 0 Å². The first-order valence-electron chi connectivity index (χ1n) is 6.69. The van der Waals surface area contributed by atoms with Crippen LogP contribution in [0, 0.1) is 5.82 Å². The summed E-state index contributed by atoms with van der Waals surface area (Å²) in [6, 6.07) is 1.35. The van der Waals surface area contributed by atoms with Gasteiger partial charge in [0.25, 0.3) is 0 Å². The highest BCUT2D eigenvalue weighted by Crippen LogP contribution is 2.38. The summed E-state index contributed by atoms with van der Waals surface area (Å²) in [6.45, 7) is 0. The Hall–Kier alpha value is -2.74. The van der Waals surface area contributed by atoms with E-state index in [9.17, 15) is 4.39 Å². The zero-order valence-electron chi connectivity index (χ0n) is 12.4. The molecular formula is C14H14ClFN6O. The number of anilines is 3. The summed E-state index contributed by atoms with van der Waals surface area (Å²) in [5.41, 5.74) is 6.96. The molecule has 3 rings (SSSR count). The molecule has 0 aliphatic heterocycles. The molecule has 0 atom stereocenters. The predicted molar refractivity (Wildman–Crippen MR) is 88.0 cm³/mol. The summed E-state index contributed by atoms with van der Waals surface area (Å²) >= 11 is 6.23. The third kappa shape index (κ3) is 2.57. The van der Waals surface area contributed by atoms with Crippen molar-refractivity contribution in [1.29, 1.82) is 0 Å². The highest BCUT2D eigenvalue weighted by Gasteiger charge is 2.17.